The maximum atomic E-state index is 5.51. The first-order chi connectivity index (χ1) is 3.85. The van der Waals surface area contributed by atoms with E-state index >= 15 is 0 Å². The van der Waals surface area contributed by atoms with E-state index in [4.69, 9.17) is 11.6 Å². The van der Waals surface area contributed by atoms with Crippen molar-refractivity contribution in [2.75, 3.05) is 25.5 Å². The van der Waals surface area contributed by atoms with E-state index in [0.717, 1.165) is 25.5 Å². The predicted octanol–water partition coefficient (Wildman–Crippen LogP) is 1.56. The van der Waals surface area contributed by atoms with Gasteiger partial charge in [0, 0.05) is 31.9 Å². The van der Waals surface area contributed by atoms with Gasteiger partial charge in [0.05, 0.1) is 0 Å². The molecule has 0 aromatic rings. The van der Waals surface area contributed by atoms with Gasteiger partial charge in [0.2, 0.25) is 0 Å². The van der Waals surface area contributed by atoms with E-state index < -0.39 is 0 Å². The molecule has 0 fully saturated rings. The van der Waals surface area contributed by atoms with Crippen LogP contribution >= 0.6 is 11.6 Å². The van der Waals surface area contributed by atoms with Crippen LogP contribution in [0.4, 0.5) is 0 Å². The molecule has 0 spiro atoms. The number of hydrogen-bond donors (Lipinski definition) is 0. The van der Waals surface area contributed by atoms with E-state index in [-0.39, 0.29) is 19.5 Å². The van der Waals surface area contributed by atoms with Gasteiger partial charge in [0.15, 0.2) is 0 Å². The summed E-state index contributed by atoms with van der Waals surface area (Å²) in [4.78, 5) is 2.30. The van der Waals surface area contributed by atoms with Crippen molar-refractivity contribution in [3.63, 3.8) is 0 Å². The van der Waals surface area contributed by atoms with Gasteiger partial charge in [0.25, 0.3) is 0 Å². The topological polar surface area (TPSA) is 3.24 Å². The van der Waals surface area contributed by atoms with Crippen molar-refractivity contribution >= 4 is 11.6 Å². The fourth-order valence-electron chi connectivity index (χ4n) is 0.659. The van der Waals surface area contributed by atoms with Crippen LogP contribution in [0.1, 0.15) is 13.8 Å². The zero-order valence-corrected chi connectivity index (χ0v) is 10.1. The van der Waals surface area contributed by atoms with Crippen molar-refractivity contribution in [1.82, 2.24) is 4.90 Å². The summed E-state index contributed by atoms with van der Waals surface area (Å²) in [6, 6.07) is 0. The average Bonchev–Trinajstić information content (AvgIpc) is 1.83. The molecule has 0 radical (unpaired) electrons. The molecule has 0 saturated heterocycles. The molecule has 0 aromatic heterocycles. The van der Waals surface area contributed by atoms with Crippen LogP contribution in [0, 0.1) is 0 Å². The Morgan fingerprint density at radius 1 is 1.22 bits per heavy atom. The van der Waals surface area contributed by atoms with E-state index in [1.165, 1.54) is 0 Å². The van der Waals surface area contributed by atoms with Crippen molar-refractivity contribution in [1.29, 1.82) is 0 Å². The maximum Gasteiger partial charge on any atom is 0.0351 e. The third-order valence-electron chi connectivity index (χ3n) is 1.30. The third-order valence-corrected chi connectivity index (χ3v) is 1.46. The molecule has 1 nitrogen and oxygen atoms in total. The van der Waals surface area contributed by atoms with Crippen molar-refractivity contribution in [2.24, 2.45) is 0 Å². The quantitative estimate of drug-likeness (QED) is 0.492. The van der Waals surface area contributed by atoms with Gasteiger partial charge < -0.3 is 4.90 Å². The molecule has 0 N–H and O–H groups in total. The van der Waals surface area contributed by atoms with Gasteiger partial charge in [-0.15, -0.1) is 11.6 Å². The van der Waals surface area contributed by atoms with Crippen LogP contribution in [-0.4, -0.2) is 30.4 Å². The number of hydrogen-bond acceptors (Lipinski definition) is 1. The van der Waals surface area contributed by atoms with Gasteiger partial charge >= 0.3 is 0 Å². The van der Waals surface area contributed by atoms with E-state index in [9.17, 15) is 0 Å². The first-order valence-corrected chi connectivity index (χ1v) is 3.66. The van der Waals surface area contributed by atoms with Crippen LogP contribution in [0.2, 0.25) is 0 Å². The van der Waals surface area contributed by atoms with E-state index in [0.29, 0.717) is 0 Å². The fourth-order valence-corrected chi connectivity index (χ4v) is 0.898. The number of halogens is 1. The Morgan fingerprint density at radius 3 is 1.78 bits per heavy atom. The Hall–Kier alpha value is 0.873. The molecule has 9 heavy (non-hydrogen) atoms. The molecule has 0 saturated carbocycles. The zero-order chi connectivity index (χ0) is 6.41. The molecule has 0 rings (SSSR count). The Labute approximate surface area is 75.5 Å². The first-order valence-electron chi connectivity index (χ1n) is 3.13. The van der Waals surface area contributed by atoms with Crippen molar-refractivity contribution in [3.05, 3.63) is 0 Å². The Kier molecular flexibility index (Phi) is 12.4. The average molecular weight is 201 g/mol. The first kappa shape index (κ1) is 12.5. The molecule has 0 bridgehead atoms. The van der Waals surface area contributed by atoms with Gasteiger partial charge in [-0.1, -0.05) is 13.8 Å². The normalized spacial score (nSPS) is 9.33. The fraction of sp³-hybridized carbons (Fsp3) is 1.00. The Balaban J connectivity index is 0. The van der Waals surface area contributed by atoms with Crippen LogP contribution in [0.25, 0.3) is 0 Å². The van der Waals surface area contributed by atoms with Crippen molar-refractivity contribution < 1.29 is 19.5 Å². The molecule has 0 aromatic carbocycles. The number of nitrogens with zero attached hydrogens (tertiary/aromatic N) is 1. The summed E-state index contributed by atoms with van der Waals surface area (Å²) in [5, 5.41) is 0. The van der Waals surface area contributed by atoms with Crippen molar-refractivity contribution in [2.45, 2.75) is 13.8 Å². The van der Waals surface area contributed by atoms with Crippen LogP contribution < -0.4 is 0 Å². The summed E-state index contributed by atoms with van der Waals surface area (Å²) >= 11 is 5.51. The molecule has 0 unspecified atom stereocenters. The summed E-state index contributed by atoms with van der Waals surface area (Å²) in [5.41, 5.74) is 0. The van der Waals surface area contributed by atoms with Gasteiger partial charge in [-0.2, -0.15) is 0 Å². The summed E-state index contributed by atoms with van der Waals surface area (Å²) in [6.45, 7) is 7.55. The summed E-state index contributed by atoms with van der Waals surface area (Å²) in [5.74, 6) is 0.752. The molecular formula is C6H14ClNZn. The summed E-state index contributed by atoms with van der Waals surface area (Å²) in [6.07, 6.45) is 0. The zero-order valence-electron chi connectivity index (χ0n) is 6.36. The minimum Gasteiger partial charge on any atom is -0.303 e. The molecule has 52 valence electrons. The molecule has 0 amide bonds. The van der Waals surface area contributed by atoms with E-state index in [2.05, 4.69) is 18.7 Å². The SMILES string of the molecule is CCN(CC)CCCl.[Zn]. The second-order valence-corrected chi connectivity index (χ2v) is 2.09. The summed E-state index contributed by atoms with van der Waals surface area (Å²) < 4.78 is 0. The molecule has 3 heteroatoms. The van der Waals surface area contributed by atoms with Crippen LogP contribution in [0.15, 0.2) is 0 Å². The Morgan fingerprint density at radius 2 is 1.67 bits per heavy atom. The van der Waals surface area contributed by atoms with E-state index in [1.807, 2.05) is 0 Å². The smallest absolute Gasteiger partial charge is 0.0351 e. The molecule has 0 heterocycles. The molecular weight excluding hydrogens is 187 g/mol. The van der Waals surface area contributed by atoms with Gasteiger partial charge in [0.1, 0.15) is 0 Å². The summed E-state index contributed by atoms with van der Waals surface area (Å²) in [7, 11) is 0. The van der Waals surface area contributed by atoms with Crippen LogP contribution in [0.3, 0.4) is 0 Å². The monoisotopic (exact) mass is 199 g/mol. The minimum atomic E-state index is 0. The predicted molar refractivity (Wildman–Crippen MR) is 38.5 cm³/mol. The largest absolute Gasteiger partial charge is 0.303 e. The second-order valence-electron chi connectivity index (χ2n) is 1.72. The van der Waals surface area contributed by atoms with Crippen LogP contribution in [0.5, 0.6) is 0 Å². The van der Waals surface area contributed by atoms with Crippen LogP contribution in [-0.2, 0) is 19.5 Å². The number of rotatable bonds is 4. The minimum absolute atomic E-state index is 0. The Bertz CT molecular complexity index is 48.3. The molecule has 0 aliphatic carbocycles. The van der Waals surface area contributed by atoms with Gasteiger partial charge in [-0.3, -0.25) is 0 Å². The molecule has 0 aliphatic heterocycles. The third kappa shape index (κ3) is 6.76. The number of alkyl halides is 1. The van der Waals surface area contributed by atoms with Gasteiger partial charge in [-0.05, 0) is 13.1 Å². The molecule has 0 atom stereocenters. The van der Waals surface area contributed by atoms with Gasteiger partial charge in [-0.25, -0.2) is 0 Å². The standard InChI is InChI=1S/C6H14ClN.Zn/c1-3-8(4-2)6-5-7;/h3-6H2,1-2H3;. The maximum absolute atomic E-state index is 5.51. The van der Waals surface area contributed by atoms with Crippen molar-refractivity contribution in [3.8, 4) is 0 Å². The second kappa shape index (κ2) is 8.87. The van der Waals surface area contributed by atoms with E-state index in [1.54, 1.807) is 0 Å². The molecule has 0 aliphatic rings.